The third-order valence-electron chi connectivity index (χ3n) is 2.38. The Morgan fingerprint density at radius 3 is 2.29 bits per heavy atom. The monoisotopic (exact) mass is 321 g/mol. The third-order valence-corrected chi connectivity index (χ3v) is 2.77. The Labute approximate surface area is 127 Å². The number of unbranched alkanes of at least 4 members (excludes halogenated alkanes) is 2. The molecule has 0 aliphatic rings. The van der Waals surface area contributed by atoms with E-state index in [-0.39, 0.29) is 13.1 Å². The second kappa shape index (κ2) is 10.1. The lowest BCUT2D eigenvalue weighted by Gasteiger charge is -2.05. The molecule has 122 valence electrons. The van der Waals surface area contributed by atoms with Gasteiger partial charge in [-0.25, -0.2) is 0 Å². The fraction of sp³-hybridized carbons (Fsp3) is 0.500. The van der Waals surface area contributed by atoms with Gasteiger partial charge in [-0.05, 0) is 30.7 Å². The van der Waals surface area contributed by atoms with E-state index in [0.29, 0.717) is 12.1 Å². The van der Waals surface area contributed by atoms with Crippen molar-refractivity contribution in [2.45, 2.75) is 40.0 Å². The summed E-state index contributed by atoms with van der Waals surface area (Å²) in [5.41, 5.74) is 0.361. The van der Waals surface area contributed by atoms with Crippen LogP contribution in [-0.2, 0) is 10.5 Å². The van der Waals surface area contributed by atoms with Crippen molar-refractivity contribution in [2.75, 3.05) is 6.54 Å². The smallest absolute Gasteiger partial charge is 0.358 e. The van der Waals surface area contributed by atoms with Crippen LogP contribution in [0.3, 0.4) is 0 Å². The molecule has 1 rings (SSSR count). The maximum absolute atomic E-state index is 12.2. The van der Waals surface area contributed by atoms with E-state index < -0.39 is 10.5 Å². The molecule has 1 aromatic rings. The van der Waals surface area contributed by atoms with Crippen LogP contribution in [0.5, 0.6) is 5.75 Å². The molecule has 0 saturated carbocycles. The summed E-state index contributed by atoms with van der Waals surface area (Å²) in [4.78, 5) is 11.7. The molecule has 0 fully saturated rings. The van der Waals surface area contributed by atoms with E-state index in [2.05, 4.69) is 16.4 Å². The van der Waals surface area contributed by atoms with Crippen LogP contribution in [0.15, 0.2) is 24.3 Å². The number of hydrogen-bond acceptors (Lipinski definition) is 4. The molecule has 1 N–H and O–H groups in total. The first-order chi connectivity index (χ1) is 9.92. The summed E-state index contributed by atoms with van der Waals surface area (Å²) >= 11 is 0. The summed E-state index contributed by atoms with van der Waals surface area (Å²) in [7, 11) is -5.03. The summed E-state index contributed by atoms with van der Waals surface area (Å²) in [5, 5.41) is 2.73. The normalized spacial score (nSPS) is 10.3. The molecule has 0 radical (unpaired) electrons. The van der Waals surface area contributed by atoms with Crippen molar-refractivity contribution < 1.29 is 22.7 Å². The van der Waals surface area contributed by atoms with E-state index in [0.717, 1.165) is 19.3 Å². The summed E-state index contributed by atoms with van der Waals surface area (Å²) < 4.78 is 36.8. The molecule has 0 saturated heterocycles. The van der Waals surface area contributed by atoms with Crippen LogP contribution in [0.25, 0.3) is 0 Å². The van der Waals surface area contributed by atoms with Crippen LogP contribution >= 0.6 is 0 Å². The van der Waals surface area contributed by atoms with Crippen molar-refractivity contribution in [1.29, 1.82) is 0 Å². The highest BCUT2D eigenvalue weighted by atomic mass is 32.3. The number of nitrogens with one attached hydrogen (secondary N) is 1. The van der Waals surface area contributed by atoms with Gasteiger partial charge in [0.1, 0.15) is 5.75 Å². The summed E-state index contributed by atoms with van der Waals surface area (Å²) in [6.45, 7) is 6.66. The zero-order valence-electron chi connectivity index (χ0n) is 12.6. The molecular weight excluding hydrogens is 297 g/mol. The molecule has 0 spiro atoms. The molecule has 21 heavy (non-hydrogen) atoms. The fourth-order valence-electron chi connectivity index (χ4n) is 1.46. The Hall–Kier alpha value is -1.63. The predicted octanol–water partition coefficient (Wildman–Crippen LogP) is 3.47. The Bertz CT molecular complexity index is 520. The highest BCUT2D eigenvalue weighted by molar-refractivity contribution is 7.81. The van der Waals surface area contributed by atoms with E-state index in [4.69, 9.17) is 0 Å². The molecule has 0 bridgehead atoms. The van der Waals surface area contributed by atoms with Crippen LogP contribution in [0.1, 0.15) is 51.8 Å². The van der Waals surface area contributed by atoms with Crippen molar-refractivity contribution in [3.63, 3.8) is 0 Å². The largest absolute Gasteiger partial charge is 0.488 e. The van der Waals surface area contributed by atoms with Gasteiger partial charge in [0.15, 0.2) is 0 Å². The zero-order chi connectivity index (χ0) is 16.3. The standard InChI is InChI=1S/C12H16FNO4S.C2H6.H2/c1-2-3-4-9-14-12(15)10-5-7-11(8-6-10)18-19(13,16)17;1-2;/h5-8H,2-4,9H2,1H3,(H,14,15);1-2H3;1H. The molecule has 5 nitrogen and oxygen atoms in total. The maximum Gasteiger partial charge on any atom is 0.488 e. The van der Waals surface area contributed by atoms with Crippen LogP contribution in [-0.4, -0.2) is 20.9 Å². The minimum Gasteiger partial charge on any atom is -0.358 e. The van der Waals surface area contributed by atoms with Crippen molar-refractivity contribution in [2.24, 2.45) is 0 Å². The Morgan fingerprint density at radius 1 is 1.24 bits per heavy atom. The van der Waals surface area contributed by atoms with Crippen molar-refractivity contribution in [3.8, 4) is 5.75 Å². The molecule has 0 atom stereocenters. The van der Waals surface area contributed by atoms with Gasteiger partial charge in [-0.3, -0.25) is 4.79 Å². The maximum atomic E-state index is 12.2. The first kappa shape index (κ1) is 19.4. The van der Waals surface area contributed by atoms with E-state index in [1.165, 1.54) is 24.3 Å². The van der Waals surface area contributed by atoms with Gasteiger partial charge in [-0.1, -0.05) is 37.5 Å². The number of carbonyl (C=O) groups is 1. The highest BCUT2D eigenvalue weighted by Gasteiger charge is 2.10. The molecule has 7 heteroatoms. The Kier molecular flexibility index (Phi) is 9.36. The minimum absolute atomic E-state index is 0. The number of halogens is 1. The van der Waals surface area contributed by atoms with Gasteiger partial charge in [0.2, 0.25) is 0 Å². The molecule has 0 aliphatic heterocycles. The van der Waals surface area contributed by atoms with Gasteiger partial charge in [0.05, 0.1) is 0 Å². The number of hydrogen-bond donors (Lipinski definition) is 1. The van der Waals surface area contributed by atoms with E-state index in [1.54, 1.807) is 0 Å². The van der Waals surface area contributed by atoms with Crippen LogP contribution < -0.4 is 9.50 Å². The second-order valence-electron chi connectivity index (χ2n) is 3.96. The number of amides is 1. The number of carbonyl (C=O) groups excluding carboxylic acids is 1. The minimum atomic E-state index is -5.03. The van der Waals surface area contributed by atoms with Crippen molar-refractivity contribution >= 4 is 16.4 Å². The second-order valence-corrected chi connectivity index (χ2v) is 4.92. The third kappa shape index (κ3) is 9.01. The lowest BCUT2D eigenvalue weighted by Crippen LogP contribution is -2.24. The summed E-state index contributed by atoms with van der Waals surface area (Å²) in [5.74, 6) is -0.434. The zero-order valence-corrected chi connectivity index (χ0v) is 13.4. The fourth-order valence-corrected chi connectivity index (χ4v) is 1.80. The van der Waals surface area contributed by atoms with E-state index in [1.807, 2.05) is 13.8 Å². The molecule has 0 heterocycles. The number of rotatable bonds is 7. The first-order valence-corrected chi connectivity index (χ1v) is 8.25. The van der Waals surface area contributed by atoms with Gasteiger partial charge in [0.25, 0.3) is 5.91 Å². The van der Waals surface area contributed by atoms with Crippen molar-refractivity contribution in [3.05, 3.63) is 29.8 Å². The van der Waals surface area contributed by atoms with E-state index >= 15 is 0 Å². The molecule has 1 aromatic carbocycles. The molecule has 0 aliphatic carbocycles. The SMILES string of the molecule is CC.CCCCCNC(=O)c1ccc(OS(=O)(=O)F)cc1.[HH]. The summed E-state index contributed by atoms with van der Waals surface area (Å²) in [6, 6.07) is 5.18. The van der Waals surface area contributed by atoms with Gasteiger partial charge in [-0.15, -0.1) is 0 Å². The van der Waals surface area contributed by atoms with Gasteiger partial charge >= 0.3 is 10.5 Å². The highest BCUT2D eigenvalue weighted by Crippen LogP contribution is 2.14. The number of benzene rings is 1. The van der Waals surface area contributed by atoms with Gasteiger partial charge in [0, 0.05) is 13.5 Å². The van der Waals surface area contributed by atoms with Gasteiger partial charge in [-0.2, -0.15) is 8.42 Å². The lowest BCUT2D eigenvalue weighted by molar-refractivity contribution is 0.0953. The molecule has 0 unspecified atom stereocenters. The van der Waals surface area contributed by atoms with E-state index in [9.17, 15) is 17.1 Å². The first-order valence-electron chi connectivity index (χ1n) is 6.94. The van der Waals surface area contributed by atoms with Gasteiger partial charge < -0.3 is 9.50 Å². The lowest BCUT2D eigenvalue weighted by atomic mass is 10.2. The van der Waals surface area contributed by atoms with Crippen LogP contribution in [0.4, 0.5) is 3.89 Å². The topological polar surface area (TPSA) is 72.5 Å². The quantitative estimate of drug-likeness (QED) is 0.616. The van der Waals surface area contributed by atoms with Crippen molar-refractivity contribution in [1.82, 2.24) is 5.32 Å². The Balaban J connectivity index is 0. The van der Waals surface area contributed by atoms with Crippen LogP contribution in [0.2, 0.25) is 0 Å². The average Bonchev–Trinajstić information content (AvgIpc) is 2.44. The molecular formula is C14H24FNO4S. The molecule has 1 amide bonds. The molecule has 0 aromatic heterocycles. The Morgan fingerprint density at radius 2 is 1.81 bits per heavy atom. The van der Waals surface area contributed by atoms with Crippen LogP contribution in [0, 0.1) is 0 Å². The average molecular weight is 321 g/mol. The summed E-state index contributed by atoms with van der Waals surface area (Å²) in [6.07, 6.45) is 3.02. The predicted molar refractivity (Wildman–Crippen MR) is 82.4 cm³/mol.